The van der Waals surface area contributed by atoms with E-state index in [-0.39, 0.29) is 0 Å². The van der Waals surface area contributed by atoms with Gasteiger partial charge < -0.3 is 9.47 Å². The summed E-state index contributed by atoms with van der Waals surface area (Å²) >= 11 is 3.54. The maximum Gasteiger partial charge on any atom is 0.128 e. The molecule has 3 aromatic rings. The van der Waals surface area contributed by atoms with Crippen molar-refractivity contribution in [1.82, 2.24) is 9.55 Å². The van der Waals surface area contributed by atoms with Gasteiger partial charge in [-0.3, -0.25) is 0 Å². The number of rotatable bonds is 5. The first kappa shape index (κ1) is 16.3. The Kier molecular flexibility index (Phi) is 4.97. The molecule has 1 aromatic heterocycles. The van der Waals surface area contributed by atoms with Crippen molar-refractivity contribution in [2.24, 2.45) is 0 Å². The molecule has 5 heteroatoms. The lowest BCUT2D eigenvalue weighted by atomic mass is 10.2. The first-order chi connectivity index (χ1) is 11.7. The fourth-order valence-corrected chi connectivity index (χ4v) is 3.28. The zero-order valence-electron chi connectivity index (χ0n) is 13.4. The van der Waals surface area contributed by atoms with E-state index in [9.17, 15) is 0 Å². The molecule has 0 amide bonds. The molecule has 0 bridgehead atoms. The Bertz CT molecular complexity index is 865. The van der Waals surface area contributed by atoms with Crippen molar-refractivity contribution >= 4 is 21.6 Å². The highest BCUT2D eigenvalue weighted by atomic mass is 79.9. The average molecular weight is 381 g/mol. The van der Waals surface area contributed by atoms with Crippen LogP contribution >= 0.6 is 15.9 Å². The second-order valence-corrected chi connectivity index (χ2v) is 6.45. The van der Waals surface area contributed by atoms with E-state index >= 15 is 0 Å². The molecular weight excluding hydrogens is 364 g/mol. The lowest BCUT2D eigenvalue weighted by molar-refractivity contribution is 0.707. The van der Waals surface area contributed by atoms with E-state index in [1.54, 1.807) is 0 Å². The minimum atomic E-state index is 0.643. The van der Waals surface area contributed by atoms with Crippen LogP contribution in [-0.2, 0) is 13.1 Å². The smallest absolute Gasteiger partial charge is 0.128 e. The van der Waals surface area contributed by atoms with E-state index in [1.807, 2.05) is 55.8 Å². The Balaban J connectivity index is 1.77. The molecule has 0 N–H and O–H groups in total. The molecule has 24 heavy (non-hydrogen) atoms. The summed E-state index contributed by atoms with van der Waals surface area (Å²) < 4.78 is 3.06. The molecule has 0 saturated heterocycles. The quantitative estimate of drug-likeness (QED) is 0.665. The molecule has 2 aromatic carbocycles. The van der Waals surface area contributed by atoms with E-state index < -0.39 is 0 Å². The van der Waals surface area contributed by atoms with E-state index in [0.29, 0.717) is 12.1 Å². The molecule has 0 aliphatic carbocycles. The average Bonchev–Trinajstić information content (AvgIpc) is 3.02. The number of halogens is 1. The summed E-state index contributed by atoms with van der Waals surface area (Å²) in [6.07, 6.45) is 3.84. The Morgan fingerprint density at radius 3 is 2.71 bits per heavy atom. The van der Waals surface area contributed by atoms with Gasteiger partial charge >= 0.3 is 0 Å². The first-order valence-corrected chi connectivity index (χ1v) is 8.41. The van der Waals surface area contributed by atoms with Crippen LogP contribution in [0.5, 0.6) is 0 Å². The summed E-state index contributed by atoms with van der Waals surface area (Å²) in [6.45, 7) is 1.49. The highest BCUT2D eigenvalue weighted by Crippen LogP contribution is 2.27. The topological polar surface area (TPSA) is 44.9 Å². The van der Waals surface area contributed by atoms with Crippen molar-refractivity contribution in [3.05, 3.63) is 82.3 Å². The number of benzene rings is 2. The zero-order chi connectivity index (χ0) is 16.9. The summed E-state index contributed by atoms with van der Waals surface area (Å²) in [5.41, 5.74) is 2.92. The van der Waals surface area contributed by atoms with E-state index in [2.05, 4.69) is 48.6 Å². The summed E-state index contributed by atoms with van der Waals surface area (Å²) in [5, 5.41) is 8.98. The third-order valence-electron chi connectivity index (χ3n) is 3.86. The number of anilines is 1. The van der Waals surface area contributed by atoms with Crippen LogP contribution in [0.4, 0.5) is 5.69 Å². The van der Waals surface area contributed by atoms with Gasteiger partial charge in [-0.2, -0.15) is 5.26 Å². The number of hydrogen-bond donors (Lipinski definition) is 0. The predicted molar refractivity (Wildman–Crippen MR) is 98.7 cm³/mol. The number of aromatic nitrogens is 2. The van der Waals surface area contributed by atoms with E-state index in [0.717, 1.165) is 22.5 Å². The third kappa shape index (κ3) is 3.66. The van der Waals surface area contributed by atoms with Crippen molar-refractivity contribution in [1.29, 1.82) is 5.26 Å². The summed E-state index contributed by atoms with van der Waals surface area (Å²) in [4.78, 5) is 6.61. The molecule has 1 heterocycles. The van der Waals surface area contributed by atoms with E-state index in [4.69, 9.17) is 5.26 Å². The minimum Gasteiger partial charge on any atom is -0.366 e. The van der Waals surface area contributed by atoms with Crippen LogP contribution in [0.3, 0.4) is 0 Å². The summed E-state index contributed by atoms with van der Waals surface area (Å²) in [6, 6.07) is 18.1. The van der Waals surface area contributed by atoms with Crippen LogP contribution in [0.1, 0.15) is 17.0 Å². The lowest BCUT2D eigenvalue weighted by Gasteiger charge is -2.21. The zero-order valence-corrected chi connectivity index (χ0v) is 14.9. The van der Waals surface area contributed by atoms with Gasteiger partial charge in [0.2, 0.25) is 0 Å². The fraction of sp³-hybridized carbons (Fsp3) is 0.158. The second kappa shape index (κ2) is 7.33. The molecular formula is C19H17BrN4. The van der Waals surface area contributed by atoms with Crippen molar-refractivity contribution in [2.75, 3.05) is 11.9 Å². The van der Waals surface area contributed by atoms with Crippen molar-refractivity contribution in [3.63, 3.8) is 0 Å². The van der Waals surface area contributed by atoms with Gasteiger partial charge in [0.25, 0.3) is 0 Å². The van der Waals surface area contributed by atoms with Crippen molar-refractivity contribution < 1.29 is 0 Å². The SMILES string of the molecule is CN(Cc1nccn1Cc1ccccc1)c1ccc(C#N)cc1Br. The summed E-state index contributed by atoms with van der Waals surface area (Å²) in [7, 11) is 2.02. The van der Waals surface area contributed by atoms with Crippen LogP contribution in [0, 0.1) is 11.3 Å². The highest BCUT2D eigenvalue weighted by Gasteiger charge is 2.11. The maximum absolute atomic E-state index is 8.98. The Morgan fingerprint density at radius 2 is 2.00 bits per heavy atom. The molecule has 0 unspecified atom stereocenters. The molecule has 120 valence electrons. The second-order valence-electron chi connectivity index (χ2n) is 5.59. The van der Waals surface area contributed by atoms with Gasteiger partial charge in [-0.05, 0) is 39.7 Å². The lowest BCUT2D eigenvalue weighted by Crippen LogP contribution is -2.20. The maximum atomic E-state index is 8.98. The van der Waals surface area contributed by atoms with Gasteiger partial charge in [-0.1, -0.05) is 30.3 Å². The van der Waals surface area contributed by atoms with Crippen molar-refractivity contribution in [3.8, 4) is 6.07 Å². The van der Waals surface area contributed by atoms with Crippen LogP contribution < -0.4 is 4.90 Å². The Morgan fingerprint density at radius 1 is 1.21 bits per heavy atom. The number of hydrogen-bond acceptors (Lipinski definition) is 3. The summed E-state index contributed by atoms with van der Waals surface area (Å²) in [5.74, 6) is 0.998. The molecule has 0 atom stereocenters. The molecule has 4 nitrogen and oxygen atoms in total. The number of imidazole rings is 1. The molecule has 0 fully saturated rings. The first-order valence-electron chi connectivity index (χ1n) is 7.62. The largest absolute Gasteiger partial charge is 0.366 e. The molecule has 3 rings (SSSR count). The molecule has 0 saturated carbocycles. The molecule has 0 aliphatic rings. The standard InChI is InChI=1S/C19H17BrN4/c1-23(18-8-7-16(12-21)11-17(18)20)14-19-22-9-10-24(19)13-15-5-3-2-4-6-15/h2-11H,13-14H2,1H3. The monoisotopic (exact) mass is 380 g/mol. The number of nitrogens with zero attached hydrogens (tertiary/aromatic N) is 4. The fourth-order valence-electron chi connectivity index (χ4n) is 2.60. The van der Waals surface area contributed by atoms with Crippen LogP contribution in [-0.4, -0.2) is 16.6 Å². The van der Waals surface area contributed by atoms with Gasteiger partial charge in [0.05, 0.1) is 23.9 Å². The van der Waals surface area contributed by atoms with Gasteiger partial charge in [0, 0.05) is 30.5 Å². The molecule has 0 spiro atoms. The highest BCUT2D eigenvalue weighted by molar-refractivity contribution is 9.10. The Hall–Kier alpha value is -2.58. The third-order valence-corrected chi connectivity index (χ3v) is 4.50. The van der Waals surface area contributed by atoms with Gasteiger partial charge in [0.1, 0.15) is 5.82 Å². The van der Waals surface area contributed by atoms with Gasteiger partial charge in [0.15, 0.2) is 0 Å². The van der Waals surface area contributed by atoms with Gasteiger partial charge in [-0.15, -0.1) is 0 Å². The number of nitriles is 1. The van der Waals surface area contributed by atoms with E-state index in [1.165, 1.54) is 5.56 Å². The molecule has 0 radical (unpaired) electrons. The Labute approximate surface area is 150 Å². The van der Waals surface area contributed by atoms with Crippen LogP contribution in [0.2, 0.25) is 0 Å². The predicted octanol–water partition coefficient (Wildman–Crippen LogP) is 4.20. The van der Waals surface area contributed by atoms with Crippen molar-refractivity contribution in [2.45, 2.75) is 13.1 Å². The van der Waals surface area contributed by atoms with Crippen LogP contribution in [0.25, 0.3) is 0 Å². The normalized spacial score (nSPS) is 10.4. The minimum absolute atomic E-state index is 0.643. The van der Waals surface area contributed by atoms with Gasteiger partial charge in [-0.25, -0.2) is 4.98 Å². The molecule has 0 aliphatic heterocycles. The van der Waals surface area contributed by atoms with Crippen LogP contribution in [0.15, 0.2) is 65.4 Å².